The van der Waals surface area contributed by atoms with E-state index in [1.807, 2.05) is 48.9 Å². The van der Waals surface area contributed by atoms with Crippen LogP contribution < -0.4 is 0 Å². The van der Waals surface area contributed by atoms with Gasteiger partial charge >= 0.3 is 0 Å². The van der Waals surface area contributed by atoms with Gasteiger partial charge in [0.15, 0.2) is 15.6 Å². The van der Waals surface area contributed by atoms with E-state index in [9.17, 15) is 17.6 Å². The van der Waals surface area contributed by atoms with Crippen molar-refractivity contribution < 1.29 is 17.6 Å². The van der Waals surface area contributed by atoms with Crippen molar-refractivity contribution >= 4 is 26.5 Å². The third-order valence-corrected chi connectivity index (χ3v) is 8.56. The molecule has 1 atom stereocenters. The minimum Gasteiger partial charge on any atom is -0.316 e. The molecule has 1 aliphatic heterocycles. The van der Waals surface area contributed by atoms with Crippen LogP contribution in [0, 0.1) is 18.2 Å². The Labute approximate surface area is 198 Å². The number of rotatable bonds is 5. The van der Waals surface area contributed by atoms with Gasteiger partial charge in [-0.05, 0) is 66.8 Å². The summed E-state index contributed by atoms with van der Waals surface area (Å²) in [5.41, 5.74) is 4.37. The molecule has 0 aliphatic carbocycles. The summed E-state index contributed by atoms with van der Waals surface area (Å²) in [4.78, 5) is 17.7. The van der Waals surface area contributed by atoms with E-state index in [0.717, 1.165) is 33.4 Å². The van der Waals surface area contributed by atoms with Crippen molar-refractivity contribution in [2.45, 2.75) is 26.7 Å². The van der Waals surface area contributed by atoms with Crippen LogP contribution in [0.15, 0.2) is 67.0 Å². The fourth-order valence-corrected chi connectivity index (χ4v) is 7.07. The molecule has 1 unspecified atom stereocenters. The fraction of sp³-hybridized carbons (Fsp3) is 0.259. The molecule has 7 heteroatoms. The zero-order valence-corrected chi connectivity index (χ0v) is 19.9. The van der Waals surface area contributed by atoms with Gasteiger partial charge in [-0.15, -0.1) is 0 Å². The Morgan fingerprint density at radius 1 is 1.12 bits per heavy atom. The summed E-state index contributed by atoms with van der Waals surface area (Å²) in [7, 11) is -3.09. The molecule has 3 heterocycles. The average molecular weight is 477 g/mol. The first kappa shape index (κ1) is 22.5. The molecule has 0 radical (unpaired) electrons. The van der Waals surface area contributed by atoms with Gasteiger partial charge in [0.1, 0.15) is 5.82 Å². The first-order valence-corrected chi connectivity index (χ1v) is 13.0. The zero-order chi connectivity index (χ0) is 24.1. The molecular formula is C27H25FN2O3S. The number of benzene rings is 2. The number of carbonyl (C=O) groups excluding carboxylic acids is 1. The molecule has 34 heavy (non-hydrogen) atoms. The third-order valence-electron chi connectivity index (χ3n) is 6.60. The van der Waals surface area contributed by atoms with E-state index >= 15 is 0 Å². The molecule has 0 N–H and O–H groups in total. The lowest BCUT2D eigenvalue weighted by molar-refractivity contribution is 0.0934. The van der Waals surface area contributed by atoms with Gasteiger partial charge in [0.2, 0.25) is 0 Å². The van der Waals surface area contributed by atoms with Crippen molar-refractivity contribution in [3.8, 4) is 16.9 Å². The topological polar surface area (TPSA) is 69.0 Å². The van der Waals surface area contributed by atoms with Gasteiger partial charge in [-0.3, -0.25) is 9.78 Å². The molecule has 4 aromatic rings. The quantitative estimate of drug-likeness (QED) is 0.355. The number of aromatic nitrogens is 2. The van der Waals surface area contributed by atoms with Gasteiger partial charge in [-0.2, -0.15) is 0 Å². The number of pyridine rings is 1. The van der Waals surface area contributed by atoms with Crippen LogP contribution in [0.1, 0.15) is 35.7 Å². The molecule has 0 saturated carbocycles. The molecule has 1 fully saturated rings. The number of sulfone groups is 1. The molecule has 5 rings (SSSR count). The predicted octanol–water partition coefficient (Wildman–Crippen LogP) is 5.54. The van der Waals surface area contributed by atoms with E-state index in [4.69, 9.17) is 0 Å². The maximum absolute atomic E-state index is 13.6. The Hall–Kier alpha value is -3.32. The summed E-state index contributed by atoms with van der Waals surface area (Å²) in [6.07, 6.45) is 4.40. The highest BCUT2D eigenvalue weighted by atomic mass is 32.2. The van der Waals surface area contributed by atoms with Crippen LogP contribution in [0.5, 0.6) is 0 Å². The predicted molar refractivity (Wildman–Crippen MR) is 132 cm³/mol. The Balaban J connectivity index is 1.61. The lowest BCUT2D eigenvalue weighted by Gasteiger charge is -2.20. The lowest BCUT2D eigenvalue weighted by Crippen LogP contribution is -2.22. The maximum Gasteiger partial charge on any atom is 0.163 e. The maximum atomic E-state index is 13.6. The number of carbonyl (C=O) groups is 1. The minimum atomic E-state index is -3.09. The molecule has 1 aliphatic rings. The second kappa shape index (κ2) is 8.17. The van der Waals surface area contributed by atoms with Gasteiger partial charge in [-0.25, -0.2) is 12.8 Å². The molecule has 5 nitrogen and oxygen atoms in total. The van der Waals surface area contributed by atoms with E-state index < -0.39 is 15.3 Å². The van der Waals surface area contributed by atoms with Crippen molar-refractivity contribution in [3.63, 3.8) is 0 Å². The lowest BCUT2D eigenvalue weighted by atomic mass is 9.83. The first-order chi connectivity index (χ1) is 16.1. The van der Waals surface area contributed by atoms with Crippen molar-refractivity contribution in [3.05, 3.63) is 83.9 Å². The van der Waals surface area contributed by atoms with E-state index in [1.165, 1.54) is 12.1 Å². The number of nitrogens with zero attached hydrogens (tertiary/aromatic N) is 2. The summed E-state index contributed by atoms with van der Waals surface area (Å²) in [6, 6.07) is 15.7. The van der Waals surface area contributed by atoms with E-state index in [1.54, 1.807) is 24.4 Å². The molecule has 0 spiro atoms. The normalized spacial score (nSPS) is 19.5. The van der Waals surface area contributed by atoms with Crippen molar-refractivity contribution in [2.75, 3.05) is 11.5 Å². The van der Waals surface area contributed by atoms with Crippen LogP contribution in [0.3, 0.4) is 0 Å². The third kappa shape index (κ3) is 4.28. The second-order valence-corrected chi connectivity index (χ2v) is 11.8. The second-order valence-electron chi connectivity index (χ2n) is 9.59. The van der Waals surface area contributed by atoms with Crippen LogP contribution in [-0.2, 0) is 9.84 Å². The van der Waals surface area contributed by atoms with Crippen molar-refractivity contribution in [1.82, 2.24) is 9.55 Å². The highest BCUT2D eigenvalue weighted by Gasteiger charge is 2.39. The highest BCUT2D eigenvalue weighted by Crippen LogP contribution is 2.37. The van der Waals surface area contributed by atoms with Crippen LogP contribution in [0.25, 0.3) is 27.8 Å². The van der Waals surface area contributed by atoms with Gasteiger partial charge in [0.25, 0.3) is 0 Å². The van der Waals surface area contributed by atoms with Gasteiger partial charge < -0.3 is 4.57 Å². The van der Waals surface area contributed by atoms with Crippen molar-refractivity contribution in [1.29, 1.82) is 0 Å². The number of ketones is 1. The largest absolute Gasteiger partial charge is 0.316 e. The van der Waals surface area contributed by atoms with Crippen LogP contribution in [0.2, 0.25) is 0 Å². The molecule has 0 amide bonds. The summed E-state index contributed by atoms with van der Waals surface area (Å²) in [5.74, 6) is -0.223. The number of aryl methyl sites for hydroxylation is 1. The molecule has 2 aromatic heterocycles. The number of Topliss-reactive ketones (excluding diaryl/α,β-unsaturated/α-hetero) is 1. The standard InChI is InChI=1S/C27H25FN2O3S/c1-18-9-11-29-24(13-18)23-16-30(21-6-4-20(28)5-7-21)25-14-19(3-8-22(23)25)26(31)15-27(2)10-12-34(32,33)17-27/h3-9,11,13-14,16H,10,12,15,17H2,1-2H3. The van der Waals surface area contributed by atoms with Crippen LogP contribution in [-0.4, -0.2) is 35.3 Å². The number of hydrogen-bond donors (Lipinski definition) is 0. The van der Waals surface area contributed by atoms with Gasteiger partial charge in [-0.1, -0.05) is 19.1 Å². The summed E-state index contributed by atoms with van der Waals surface area (Å²) >= 11 is 0. The molecule has 0 bridgehead atoms. The fourth-order valence-electron chi connectivity index (χ4n) is 4.81. The van der Waals surface area contributed by atoms with Crippen LogP contribution >= 0.6 is 0 Å². The molecule has 174 valence electrons. The highest BCUT2D eigenvalue weighted by molar-refractivity contribution is 7.91. The molecule has 1 saturated heterocycles. The van der Waals surface area contributed by atoms with Gasteiger partial charge in [0, 0.05) is 41.0 Å². The summed E-state index contributed by atoms with van der Waals surface area (Å²) < 4.78 is 39.5. The molecular weight excluding hydrogens is 451 g/mol. The average Bonchev–Trinajstić information content (AvgIpc) is 3.30. The van der Waals surface area contributed by atoms with Crippen molar-refractivity contribution in [2.24, 2.45) is 5.41 Å². The molecule has 2 aromatic carbocycles. The van der Waals surface area contributed by atoms with Crippen LogP contribution in [0.4, 0.5) is 4.39 Å². The summed E-state index contributed by atoms with van der Waals surface area (Å²) in [5, 5.41) is 0.925. The Kier molecular flexibility index (Phi) is 5.40. The smallest absolute Gasteiger partial charge is 0.163 e. The van der Waals surface area contributed by atoms with Gasteiger partial charge in [0.05, 0.1) is 22.7 Å². The van der Waals surface area contributed by atoms with E-state index in [2.05, 4.69) is 4.98 Å². The number of halogens is 1. The Morgan fingerprint density at radius 2 is 1.88 bits per heavy atom. The monoisotopic (exact) mass is 476 g/mol. The SMILES string of the molecule is Cc1ccnc(-c2cn(-c3ccc(F)cc3)c3cc(C(=O)CC4(C)CCS(=O)(=O)C4)ccc23)c1. The van der Waals surface area contributed by atoms with E-state index in [0.29, 0.717) is 12.0 Å². The Morgan fingerprint density at radius 3 is 2.56 bits per heavy atom. The summed E-state index contributed by atoms with van der Waals surface area (Å²) in [6.45, 7) is 3.88. The number of hydrogen-bond acceptors (Lipinski definition) is 4. The van der Waals surface area contributed by atoms with E-state index in [-0.39, 0.29) is 29.5 Å². The number of fused-ring (bicyclic) bond motifs is 1. The minimum absolute atomic E-state index is 0.0448. The first-order valence-electron chi connectivity index (χ1n) is 11.2. The Bertz CT molecular complexity index is 1520. The zero-order valence-electron chi connectivity index (χ0n) is 19.1.